The number of hydrogen-bond donors (Lipinski definition) is 2. The summed E-state index contributed by atoms with van der Waals surface area (Å²) in [6, 6.07) is 12.0. The highest BCUT2D eigenvalue weighted by Gasteiger charge is 2.51. The van der Waals surface area contributed by atoms with Gasteiger partial charge in [0, 0.05) is 30.6 Å². The van der Waals surface area contributed by atoms with E-state index < -0.39 is 23.1 Å². The molecule has 0 saturated carbocycles. The maximum Gasteiger partial charge on any atom is 0.256 e. The number of rotatable bonds is 8. The van der Waals surface area contributed by atoms with Crippen molar-refractivity contribution >= 4 is 11.8 Å². The van der Waals surface area contributed by atoms with Gasteiger partial charge in [-0.05, 0) is 63.2 Å². The number of nitrogens with zero attached hydrogens (tertiary/aromatic N) is 1. The molecule has 1 aliphatic rings. The fourth-order valence-corrected chi connectivity index (χ4v) is 4.15. The van der Waals surface area contributed by atoms with Gasteiger partial charge in [-0.2, -0.15) is 0 Å². The number of amides is 2. The summed E-state index contributed by atoms with van der Waals surface area (Å²) in [5.41, 5.74) is 2.33. The zero-order valence-electron chi connectivity index (χ0n) is 19.1. The standard InChI is InChI=1S/C25H29F2N3O2/c1-15-22(25(15,2)17-9-7-6-8-10-17)24(32)29-14-18(30(4)5)11-16-12-19(26)21(20(27)13-16)23(31)28-3/h6-10,12-13,18H,11,14H2,1-5H3,(H,28,31)(H,29,32)/t18-,25?/m0/s1. The average Bonchev–Trinajstić information content (AvgIpc) is 3.32. The van der Waals surface area contributed by atoms with Gasteiger partial charge in [0.1, 0.15) is 17.2 Å². The summed E-state index contributed by atoms with van der Waals surface area (Å²) >= 11 is 0. The van der Waals surface area contributed by atoms with Crippen LogP contribution in [-0.2, 0) is 16.6 Å². The van der Waals surface area contributed by atoms with Crippen LogP contribution in [0.2, 0.25) is 0 Å². The van der Waals surface area contributed by atoms with Crippen LogP contribution in [0.25, 0.3) is 0 Å². The predicted octanol–water partition coefficient (Wildman–Crippen LogP) is 3.20. The Labute approximate surface area is 187 Å². The Bertz CT molecular complexity index is 1040. The van der Waals surface area contributed by atoms with Crippen molar-refractivity contribution in [3.8, 4) is 0 Å². The monoisotopic (exact) mass is 441 g/mol. The molecule has 2 aromatic rings. The molecule has 5 nitrogen and oxygen atoms in total. The smallest absolute Gasteiger partial charge is 0.256 e. The summed E-state index contributed by atoms with van der Waals surface area (Å²) in [6.45, 7) is 4.31. The summed E-state index contributed by atoms with van der Waals surface area (Å²) in [5, 5.41) is 5.21. The van der Waals surface area contributed by atoms with Gasteiger partial charge in [-0.15, -0.1) is 0 Å². The molecule has 0 bridgehead atoms. The molecule has 1 aliphatic carbocycles. The maximum atomic E-state index is 14.3. The van der Waals surface area contributed by atoms with Crippen LogP contribution < -0.4 is 10.6 Å². The number of carbonyl (C=O) groups is 2. The van der Waals surface area contributed by atoms with Crippen molar-refractivity contribution in [2.75, 3.05) is 27.7 Å². The second kappa shape index (κ2) is 9.20. The second-order valence-corrected chi connectivity index (χ2v) is 8.54. The van der Waals surface area contributed by atoms with E-state index in [1.807, 2.05) is 63.2 Å². The van der Waals surface area contributed by atoms with E-state index in [1.165, 1.54) is 19.2 Å². The molecule has 32 heavy (non-hydrogen) atoms. The van der Waals surface area contributed by atoms with E-state index in [0.29, 0.717) is 18.5 Å². The zero-order chi connectivity index (χ0) is 23.6. The second-order valence-electron chi connectivity index (χ2n) is 8.54. The fourth-order valence-electron chi connectivity index (χ4n) is 4.15. The van der Waals surface area contributed by atoms with Gasteiger partial charge in [0.2, 0.25) is 5.91 Å². The van der Waals surface area contributed by atoms with E-state index in [2.05, 4.69) is 10.6 Å². The van der Waals surface area contributed by atoms with Gasteiger partial charge in [-0.3, -0.25) is 9.59 Å². The van der Waals surface area contributed by atoms with Gasteiger partial charge in [-0.25, -0.2) is 8.78 Å². The molecule has 2 atom stereocenters. The topological polar surface area (TPSA) is 61.4 Å². The lowest BCUT2D eigenvalue weighted by Crippen LogP contribution is -2.42. The van der Waals surface area contributed by atoms with Crippen LogP contribution in [0.5, 0.6) is 0 Å². The Morgan fingerprint density at radius 3 is 2.19 bits per heavy atom. The first-order valence-corrected chi connectivity index (χ1v) is 10.5. The number of allylic oxidation sites excluding steroid dienone is 1. The molecule has 0 heterocycles. The highest BCUT2D eigenvalue weighted by molar-refractivity contribution is 6.04. The Morgan fingerprint density at radius 1 is 1.06 bits per heavy atom. The lowest BCUT2D eigenvalue weighted by molar-refractivity contribution is -0.117. The van der Waals surface area contributed by atoms with Crippen molar-refractivity contribution < 1.29 is 18.4 Å². The van der Waals surface area contributed by atoms with Crippen LogP contribution in [0.15, 0.2) is 53.6 Å². The van der Waals surface area contributed by atoms with Crippen LogP contribution in [0.1, 0.15) is 35.3 Å². The van der Waals surface area contributed by atoms with Crippen molar-refractivity contribution in [2.45, 2.75) is 31.7 Å². The molecule has 0 radical (unpaired) electrons. The summed E-state index contributed by atoms with van der Waals surface area (Å²) < 4.78 is 28.7. The van der Waals surface area contributed by atoms with Gasteiger partial charge in [0.05, 0.1) is 0 Å². The molecule has 2 N–H and O–H groups in total. The van der Waals surface area contributed by atoms with E-state index in [1.54, 1.807) is 0 Å². The summed E-state index contributed by atoms with van der Waals surface area (Å²) in [7, 11) is 5.01. The highest BCUT2D eigenvalue weighted by atomic mass is 19.1. The summed E-state index contributed by atoms with van der Waals surface area (Å²) in [6.07, 6.45) is 0.309. The molecule has 0 fully saturated rings. The minimum atomic E-state index is -0.904. The van der Waals surface area contributed by atoms with Gasteiger partial charge in [0.25, 0.3) is 5.91 Å². The third-order valence-corrected chi connectivity index (χ3v) is 6.40. The molecule has 0 spiro atoms. The molecule has 3 rings (SSSR count). The minimum absolute atomic E-state index is 0.131. The van der Waals surface area contributed by atoms with Crippen LogP contribution in [0.4, 0.5) is 8.78 Å². The molecule has 7 heteroatoms. The lowest BCUT2D eigenvalue weighted by Gasteiger charge is -2.25. The minimum Gasteiger partial charge on any atom is -0.355 e. The number of nitrogens with one attached hydrogen (secondary N) is 2. The van der Waals surface area contributed by atoms with Crippen LogP contribution >= 0.6 is 0 Å². The third-order valence-electron chi connectivity index (χ3n) is 6.40. The van der Waals surface area contributed by atoms with Gasteiger partial charge in [-0.1, -0.05) is 30.3 Å². The van der Waals surface area contributed by atoms with E-state index in [4.69, 9.17) is 0 Å². The molecule has 170 valence electrons. The summed E-state index contributed by atoms with van der Waals surface area (Å²) in [5.74, 6) is -2.75. The molecule has 0 aromatic heterocycles. The Morgan fingerprint density at radius 2 is 1.66 bits per heavy atom. The Hall–Kier alpha value is -3.06. The Balaban J connectivity index is 1.68. The SMILES string of the molecule is CNC(=O)c1c(F)cc(C[C@@H](CNC(=O)C2=C(C)C2(C)c2ccccc2)N(C)C)cc1F. The van der Waals surface area contributed by atoms with E-state index in [-0.39, 0.29) is 17.4 Å². The number of halogens is 2. The van der Waals surface area contributed by atoms with E-state index in [0.717, 1.165) is 16.7 Å². The molecule has 1 unspecified atom stereocenters. The molecular formula is C25H29F2N3O2. The summed E-state index contributed by atoms with van der Waals surface area (Å²) in [4.78, 5) is 26.5. The highest BCUT2D eigenvalue weighted by Crippen LogP contribution is 2.53. The van der Waals surface area contributed by atoms with Crippen molar-refractivity contribution in [3.05, 3.63) is 81.9 Å². The van der Waals surface area contributed by atoms with E-state index in [9.17, 15) is 18.4 Å². The van der Waals surface area contributed by atoms with E-state index >= 15 is 0 Å². The van der Waals surface area contributed by atoms with Gasteiger partial charge < -0.3 is 15.5 Å². The van der Waals surface area contributed by atoms with Crippen LogP contribution in [-0.4, -0.2) is 50.4 Å². The number of likely N-dealkylation sites (N-methyl/N-ethyl adjacent to an activating group) is 1. The first-order valence-electron chi connectivity index (χ1n) is 10.5. The zero-order valence-corrected chi connectivity index (χ0v) is 19.1. The van der Waals surface area contributed by atoms with Gasteiger partial charge >= 0.3 is 0 Å². The quantitative estimate of drug-likeness (QED) is 0.662. The molecule has 0 saturated heterocycles. The van der Waals surface area contributed by atoms with Crippen LogP contribution in [0.3, 0.4) is 0 Å². The van der Waals surface area contributed by atoms with Crippen molar-refractivity contribution in [1.29, 1.82) is 0 Å². The number of carbonyl (C=O) groups excluding carboxylic acids is 2. The predicted molar refractivity (Wildman–Crippen MR) is 120 cm³/mol. The molecule has 0 aliphatic heterocycles. The van der Waals surface area contributed by atoms with Crippen LogP contribution in [0, 0.1) is 11.6 Å². The Kier molecular flexibility index (Phi) is 6.79. The average molecular weight is 442 g/mol. The number of hydrogen-bond acceptors (Lipinski definition) is 3. The third kappa shape index (κ3) is 4.43. The van der Waals surface area contributed by atoms with Gasteiger partial charge in [0.15, 0.2) is 0 Å². The van der Waals surface area contributed by atoms with Crippen molar-refractivity contribution in [3.63, 3.8) is 0 Å². The maximum absolute atomic E-state index is 14.3. The molecule has 2 aromatic carbocycles. The molecular weight excluding hydrogens is 412 g/mol. The number of benzene rings is 2. The first-order chi connectivity index (χ1) is 15.1. The van der Waals surface area contributed by atoms with Crippen molar-refractivity contribution in [2.24, 2.45) is 0 Å². The first kappa shape index (κ1) is 23.6. The normalized spacial score (nSPS) is 18.5. The molecule has 2 amide bonds. The largest absolute Gasteiger partial charge is 0.355 e. The fraction of sp³-hybridized carbons (Fsp3) is 0.360. The lowest BCUT2D eigenvalue weighted by atomic mass is 9.90. The van der Waals surface area contributed by atoms with Crippen molar-refractivity contribution in [1.82, 2.24) is 15.5 Å².